The third kappa shape index (κ3) is 3.09. The van der Waals surface area contributed by atoms with Crippen LogP contribution < -0.4 is 4.31 Å². The van der Waals surface area contributed by atoms with E-state index in [1.165, 1.54) is 10.4 Å². The number of sulfonamides is 1. The number of hydrogen-bond acceptors (Lipinski definition) is 3. The first kappa shape index (κ1) is 15.5. The fourth-order valence-corrected chi connectivity index (χ4v) is 3.96. The molecule has 0 heterocycles. The Labute approximate surface area is 125 Å². The molecule has 0 saturated carbocycles. The number of aliphatic hydroxyl groups is 1. The lowest BCUT2D eigenvalue weighted by molar-refractivity contribution is 0.278. The van der Waals surface area contributed by atoms with Crippen LogP contribution in [0, 0.1) is 6.92 Å². The van der Waals surface area contributed by atoms with Gasteiger partial charge in [0.25, 0.3) is 10.0 Å². The van der Waals surface area contributed by atoms with E-state index in [0.29, 0.717) is 17.8 Å². The summed E-state index contributed by atoms with van der Waals surface area (Å²) in [6, 6.07) is 13.9. The van der Waals surface area contributed by atoms with E-state index in [-0.39, 0.29) is 11.5 Å². The Bertz CT molecular complexity index is 726. The van der Waals surface area contributed by atoms with E-state index in [1.807, 2.05) is 25.1 Å². The molecule has 0 unspecified atom stereocenters. The van der Waals surface area contributed by atoms with Crippen LogP contribution in [-0.2, 0) is 16.6 Å². The van der Waals surface area contributed by atoms with Gasteiger partial charge in [0, 0.05) is 6.54 Å². The Hall–Kier alpha value is -1.85. The van der Waals surface area contributed by atoms with Gasteiger partial charge in [-0.15, -0.1) is 0 Å². The molecule has 2 rings (SSSR count). The first-order valence-corrected chi connectivity index (χ1v) is 8.23. The second kappa shape index (κ2) is 6.28. The number of nitrogens with zero attached hydrogens (tertiary/aromatic N) is 1. The van der Waals surface area contributed by atoms with Crippen molar-refractivity contribution in [2.24, 2.45) is 0 Å². The van der Waals surface area contributed by atoms with Crippen molar-refractivity contribution < 1.29 is 13.5 Å². The minimum atomic E-state index is -3.69. The van der Waals surface area contributed by atoms with Crippen LogP contribution >= 0.6 is 0 Å². The van der Waals surface area contributed by atoms with E-state index in [2.05, 4.69) is 0 Å². The monoisotopic (exact) mass is 305 g/mol. The topological polar surface area (TPSA) is 57.6 Å². The van der Waals surface area contributed by atoms with Crippen molar-refractivity contribution >= 4 is 15.7 Å². The van der Waals surface area contributed by atoms with Crippen molar-refractivity contribution in [3.8, 4) is 0 Å². The van der Waals surface area contributed by atoms with Crippen LogP contribution in [0.2, 0.25) is 0 Å². The van der Waals surface area contributed by atoms with Crippen molar-refractivity contribution in [1.82, 2.24) is 0 Å². The molecule has 0 aromatic heterocycles. The molecule has 0 aliphatic rings. The minimum absolute atomic E-state index is 0.149. The van der Waals surface area contributed by atoms with Gasteiger partial charge >= 0.3 is 0 Å². The molecule has 0 aliphatic carbocycles. The standard InChI is InChI=1S/C16H19NO3S/c1-3-17(15-9-6-7-13(2)11-15)21(19,20)16-10-5-4-8-14(16)12-18/h4-11,18H,3,12H2,1-2H3. The first-order chi connectivity index (χ1) is 10.0. The summed E-state index contributed by atoms with van der Waals surface area (Å²) in [7, 11) is -3.69. The van der Waals surface area contributed by atoms with Crippen LogP contribution in [0.15, 0.2) is 53.4 Å². The van der Waals surface area contributed by atoms with Gasteiger partial charge in [-0.2, -0.15) is 0 Å². The Morgan fingerprint density at radius 1 is 1.10 bits per heavy atom. The third-order valence-electron chi connectivity index (χ3n) is 3.29. The predicted molar refractivity (Wildman–Crippen MR) is 83.7 cm³/mol. The number of aliphatic hydroxyl groups excluding tert-OH is 1. The van der Waals surface area contributed by atoms with Crippen LogP contribution in [-0.4, -0.2) is 20.1 Å². The van der Waals surface area contributed by atoms with Crippen LogP contribution in [0.25, 0.3) is 0 Å². The minimum Gasteiger partial charge on any atom is -0.392 e. The number of aryl methyl sites for hydroxylation is 1. The molecule has 0 bridgehead atoms. The molecule has 5 heteroatoms. The molecular formula is C16H19NO3S. The van der Waals surface area contributed by atoms with Crippen molar-refractivity contribution in [1.29, 1.82) is 0 Å². The van der Waals surface area contributed by atoms with Gasteiger partial charge in [-0.25, -0.2) is 8.42 Å². The molecular weight excluding hydrogens is 286 g/mol. The highest BCUT2D eigenvalue weighted by molar-refractivity contribution is 7.92. The zero-order valence-corrected chi connectivity index (χ0v) is 13.0. The van der Waals surface area contributed by atoms with Crippen molar-refractivity contribution in [3.63, 3.8) is 0 Å². The first-order valence-electron chi connectivity index (χ1n) is 6.79. The normalized spacial score (nSPS) is 11.4. The molecule has 2 aromatic rings. The summed E-state index contributed by atoms with van der Waals surface area (Å²) in [6.45, 7) is 3.74. The highest BCUT2D eigenvalue weighted by Gasteiger charge is 2.25. The summed E-state index contributed by atoms with van der Waals surface area (Å²) in [5.74, 6) is 0. The second-order valence-electron chi connectivity index (χ2n) is 4.77. The predicted octanol–water partition coefficient (Wildman–Crippen LogP) is 2.70. The third-order valence-corrected chi connectivity index (χ3v) is 5.29. The van der Waals surface area contributed by atoms with E-state index in [0.717, 1.165) is 5.56 Å². The fourth-order valence-electron chi connectivity index (χ4n) is 2.28. The van der Waals surface area contributed by atoms with E-state index >= 15 is 0 Å². The Kier molecular flexibility index (Phi) is 4.65. The summed E-state index contributed by atoms with van der Waals surface area (Å²) in [4.78, 5) is 0.149. The average molecular weight is 305 g/mol. The molecule has 1 N–H and O–H groups in total. The maximum atomic E-state index is 12.9. The van der Waals surface area contributed by atoms with Gasteiger partial charge in [-0.05, 0) is 43.2 Å². The van der Waals surface area contributed by atoms with Gasteiger partial charge in [0.05, 0.1) is 17.2 Å². The SMILES string of the molecule is CCN(c1cccc(C)c1)S(=O)(=O)c1ccccc1CO. The fraction of sp³-hybridized carbons (Fsp3) is 0.250. The molecule has 2 aromatic carbocycles. The highest BCUT2D eigenvalue weighted by atomic mass is 32.2. The van der Waals surface area contributed by atoms with E-state index in [9.17, 15) is 13.5 Å². The lowest BCUT2D eigenvalue weighted by Crippen LogP contribution is -2.31. The molecule has 112 valence electrons. The molecule has 0 radical (unpaired) electrons. The van der Waals surface area contributed by atoms with Gasteiger partial charge < -0.3 is 5.11 Å². The number of benzene rings is 2. The van der Waals surface area contributed by atoms with Gasteiger partial charge in [-0.1, -0.05) is 30.3 Å². The van der Waals surface area contributed by atoms with Gasteiger partial charge in [-0.3, -0.25) is 4.31 Å². The molecule has 21 heavy (non-hydrogen) atoms. The van der Waals surface area contributed by atoms with Crippen molar-refractivity contribution in [3.05, 3.63) is 59.7 Å². The van der Waals surface area contributed by atoms with E-state index < -0.39 is 10.0 Å². The number of hydrogen-bond donors (Lipinski definition) is 1. The number of rotatable bonds is 5. The summed E-state index contributed by atoms with van der Waals surface area (Å²) in [5, 5.41) is 9.37. The molecule has 0 atom stereocenters. The molecule has 0 saturated heterocycles. The Balaban J connectivity index is 2.55. The van der Waals surface area contributed by atoms with Crippen LogP contribution in [0.5, 0.6) is 0 Å². The van der Waals surface area contributed by atoms with Gasteiger partial charge in [0.1, 0.15) is 0 Å². The Morgan fingerprint density at radius 2 is 1.81 bits per heavy atom. The largest absolute Gasteiger partial charge is 0.392 e. The molecule has 0 amide bonds. The lowest BCUT2D eigenvalue weighted by atomic mass is 10.2. The summed E-state index contributed by atoms with van der Waals surface area (Å²) in [5.41, 5.74) is 2.03. The zero-order chi connectivity index (χ0) is 15.5. The quantitative estimate of drug-likeness (QED) is 0.924. The zero-order valence-electron chi connectivity index (χ0n) is 12.2. The van der Waals surface area contributed by atoms with Gasteiger partial charge in [0.2, 0.25) is 0 Å². The van der Waals surface area contributed by atoms with Crippen LogP contribution in [0.4, 0.5) is 5.69 Å². The summed E-state index contributed by atoms with van der Waals surface area (Å²) < 4.78 is 27.1. The molecule has 0 fully saturated rings. The average Bonchev–Trinajstić information content (AvgIpc) is 2.47. The highest BCUT2D eigenvalue weighted by Crippen LogP contribution is 2.26. The lowest BCUT2D eigenvalue weighted by Gasteiger charge is -2.24. The van der Waals surface area contributed by atoms with Crippen LogP contribution in [0.3, 0.4) is 0 Å². The summed E-state index contributed by atoms with van der Waals surface area (Å²) >= 11 is 0. The van der Waals surface area contributed by atoms with Gasteiger partial charge in [0.15, 0.2) is 0 Å². The second-order valence-corrected chi connectivity index (χ2v) is 6.61. The van der Waals surface area contributed by atoms with E-state index in [1.54, 1.807) is 31.2 Å². The molecule has 4 nitrogen and oxygen atoms in total. The van der Waals surface area contributed by atoms with E-state index in [4.69, 9.17) is 0 Å². The molecule has 0 aliphatic heterocycles. The van der Waals surface area contributed by atoms with Crippen LogP contribution in [0.1, 0.15) is 18.1 Å². The maximum absolute atomic E-state index is 12.9. The smallest absolute Gasteiger partial charge is 0.264 e. The Morgan fingerprint density at radius 3 is 2.43 bits per heavy atom. The molecule has 0 spiro atoms. The van der Waals surface area contributed by atoms with Crippen molar-refractivity contribution in [2.75, 3.05) is 10.8 Å². The maximum Gasteiger partial charge on any atom is 0.264 e. The van der Waals surface area contributed by atoms with Crippen molar-refractivity contribution in [2.45, 2.75) is 25.3 Å². The number of anilines is 1. The summed E-state index contributed by atoms with van der Waals surface area (Å²) in [6.07, 6.45) is 0.